The Balaban J connectivity index is 2.32. The molecule has 2 aliphatic rings. The van der Waals surface area contributed by atoms with Gasteiger partial charge in [-0.05, 0) is 37.4 Å². The van der Waals surface area contributed by atoms with E-state index in [1.54, 1.807) is 0 Å². The van der Waals surface area contributed by atoms with Crippen LogP contribution in [0.3, 0.4) is 0 Å². The van der Waals surface area contributed by atoms with Crippen molar-refractivity contribution < 1.29 is 0 Å². The second kappa shape index (κ2) is 3.95. The first-order chi connectivity index (χ1) is 7.88. The minimum Gasteiger partial charge on any atom is -0.347 e. The summed E-state index contributed by atoms with van der Waals surface area (Å²) in [5.74, 6) is 0. The van der Waals surface area contributed by atoms with Crippen molar-refractivity contribution in [3.63, 3.8) is 0 Å². The molecule has 0 radical (unpaired) electrons. The van der Waals surface area contributed by atoms with Gasteiger partial charge in [0.1, 0.15) is 0 Å². The van der Waals surface area contributed by atoms with Crippen LogP contribution in [0.25, 0.3) is 12.2 Å². The summed E-state index contributed by atoms with van der Waals surface area (Å²) in [6, 6.07) is 0. The van der Waals surface area contributed by atoms with Crippen molar-refractivity contribution in [3.05, 3.63) is 34.0 Å². The molecule has 0 unspecified atom stereocenters. The van der Waals surface area contributed by atoms with Crippen molar-refractivity contribution in [3.8, 4) is 0 Å². The van der Waals surface area contributed by atoms with Crippen molar-refractivity contribution in [2.75, 3.05) is 6.54 Å². The average Bonchev–Trinajstić information content (AvgIpc) is 2.60. The lowest BCUT2D eigenvalue weighted by atomic mass is 10.1. The van der Waals surface area contributed by atoms with Gasteiger partial charge < -0.3 is 9.88 Å². The summed E-state index contributed by atoms with van der Waals surface area (Å²) < 4.78 is 2.38. The quantitative estimate of drug-likeness (QED) is 0.668. The maximum absolute atomic E-state index is 3.52. The number of rotatable bonds is 0. The van der Waals surface area contributed by atoms with Crippen LogP contribution in [0, 0.1) is 0 Å². The molecule has 1 aliphatic carbocycles. The third-order valence-corrected chi connectivity index (χ3v) is 3.63. The SMILES string of the molecule is Cn1c2c(c3c1=CC=CCC=3)CNCCC2. The van der Waals surface area contributed by atoms with Gasteiger partial charge in [0.15, 0.2) is 0 Å². The minimum atomic E-state index is 1.03. The van der Waals surface area contributed by atoms with Gasteiger partial charge in [0, 0.05) is 29.9 Å². The lowest BCUT2D eigenvalue weighted by Gasteiger charge is -2.02. The van der Waals surface area contributed by atoms with E-state index in [4.69, 9.17) is 0 Å². The van der Waals surface area contributed by atoms with Gasteiger partial charge in [-0.15, -0.1) is 0 Å². The monoisotopic (exact) mass is 214 g/mol. The third kappa shape index (κ3) is 1.45. The number of nitrogens with one attached hydrogen (secondary N) is 1. The summed E-state index contributed by atoms with van der Waals surface area (Å²) in [7, 11) is 2.20. The summed E-state index contributed by atoms with van der Waals surface area (Å²) in [6.45, 7) is 2.17. The smallest absolute Gasteiger partial charge is 0.0480 e. The highest BCUT2D eigenvalue weighted by molar-refractivity contribution is 5.47. The summed E-state index contributed by atoms with van der Waals surface area (Å²) in [4.78, 5) is 0. The summed E-state index contributed by atoms with van der Waals surface area (Å²) in [5, 5.41) is 6.35. The molecule has 2 heteroatoms. The van der Waals surface area contributed by atoms with Gasteiger partial charge in [-0.1, -0.05) is 18.2 Å². The van der Waals surface area contributed by atoms with E-state index < -0.39 is 0 Å². The molecule has 1 aromatic heterocycles. The molecule has 0 saturated carbocycles. The van der Waals surface area contributed by atoms with Crippen LogP contribution in [-0.4, -0.2) is 11.1 Å². The summed E-state index contributed by atoms with van der Waals surface area (Å²) in [6.07, 6.45) is 12.5. The zero-order chi connectivity index (χ0) is 11.0. The van der Waals surface area contributed by atoms with Crippen LogP contribution in [0.1, 0.15) is 24.1 Å². The first-order valence-electron chi connectivity index (χ1n) is 6.12. The van der Waals surface area contributed by atoms with E-state index in [-0.39, 0.29) is 0 Å². The van der Waals surface area contributed by atoms with Crippen LogP contribution in [0.4, 0.5) is 0 Å². The highest BCUT2D eigenvalue weighted by Crippen LogP contribution is 2.09. The van der Waals surface area contributed by atoms with E-state index in [2.05, 4.69) is 41.2 Å². The van der Waals surface area contributed by atoms with Gasteiger partial charge in [0.05, 0.1) is 0 Å². The number of nitrogens with zero attached hydrogens (tertiary/aromatic N) is 1. The Bertz CT molecular complexity index is 546. The molecule has 0 bridgehead atoms. The predicted octanol–water partition coefficient (Wildman–Crippen LogP) is 0.582. The number of allylic oxidation sites excluding steroid dienone is 2. The van der Waals surface area contributed by atoms with Gasteiger partial charge in [-0.3, -0.25) is 0 Å². The summed E-state index contributed by atoms with van der Waals surface area (Å²) >= 11 is 0. The molecule has 0 aromatic carbocycles. The molecule has 0 saturated heterocycles. The average molecular weight is 214 g/mol. The lowest BCUT2D eigenvalue weighted by molar-refractivity contribution is 0.670. The zero-order valence-corrected chi connectivity index (χ0v) is 9.79. The molecular formula is C14H18N2. The molecule has 2 heterocycles. The number of hydrogen-bond acceptors (Lipinski definition) is 1. The Kier molecular flexibility index (Phi) is 2.44. The number of fused-ring (bicyclic) bond motifs is 3. The van der Waals surface area contributed by atoms with Crippen molar-refractivity contribution in [1.29, 1.82) is 0 Å². The van der Waals surface area contributed by atoms with E-state index >= 15 is 0 Å². The number of aromatic nitrogens is 1. The van der Waals surface area contributed by atoms with Crippen LogP contribution in [-0.2, 0) is 20.0 Å². The molecule has 0 spiro atoms. The van der Waals surface area contributed by atoms with Gasteiger partial charge in [-0.2, -0.15) is 0 Å². The van der Waals surface area contributed by atoms with Crippen molar-refractivity contribution >= 4 is 12.2 Å². The Morgan fingerprint density at radius 1 is 1.38 bits per heavy atom. The fourth-order valence-electron chi connectivity index (χ4n) is 2.80. The number of hydrogen-bond donors (Lipinski definition) is 1. The molecule has 1 aliphatic heterocycles. The standard InChI is InChI=1S/C14H18N2/c1-16-13-7-4-2-3-6-11(13)12-10-15-9-5-8-14(12)16/h2,4,6-7,15H,3,5,8-10H2,1H3. The van der Waals surface area contributed by atoms with E-state index in [9.17, 15) is 0 Å². The van der Waals surface area contributed by atoms with Gasteiger partial charge in [0.25, 0.3) is 0 Å². The van der Waals surface area contributed by atoms with E-state index in [1.165, 1.54) is 34.7 Å². The van der Waals surface area contributed by atoms with E-state index in [0.29, 0.717) is 0 Å². The minimum absolute atomic E-state index is 1.03. The van der Waals surface area contributed by atoms with Gasteiger partial charge in [-0.25, -0.2) is 0 Å². The molecule has 16 heavy (non-hydrogen) atoms. The molecule has 0 atom stereocenters. The largest absolute Gasteiger partial charge is 0.347 e. The van der Waals surface area contributed by atoms with E-state index in [1.807, 2.05) is 0 Å². The Morgan fingerprint density at radius 3 is 3.25 bits per heavy atom. The Hall–Kier alpha value is -1.28. The summed E-state index contributed by atoms with van der Waals surface area (Å²) in [5.41, 5.74) is 3.05. The molecule has 0 amide bonds. The third-order valence-electron chi connectivity index (χ3n) is 3.63. The topological polar surface area (TPSA) is 17.0 Å². The fraction of sp³-hybridized carbons (Fsp3) is 0.429. The Labute approximate surface area is 96.0 Å². The van der Waals surface area contributed by atoms with Crippen LogP contribution in [0.2, 0.25) is 0 Å². The van der Waals surface area contributed by atoms with Crippen LogP contribution in [0.5, 0.6) is 0 Å². The molecule has 84 valence electrons. The van der Waals surface area contributed by atoms with Gasteiger partial charge in [0.2, 0.25) is 0 Å². The van der Waals surface area contributed by atoms with Crippen LogP contribution in [0.15, 0.2) is 12.2 Å². The first-order valence-corrected chi connectivity index (χ1v) is 6.12. The normalized spacial score (nSPS) is 18.8. The molecule has 3 rings (SSSR count). The Morgan fingerprint density at radius 2 is 2.31 bits per heavy atom. The van der Waals surface area contributed by atoms with Crippen molar-refractivity contribution in [2.45, 2.75) is 25.8 Å². The second-order valence-corrected chi connectivity index (χ2v) is 4.60. The molecule has 2 nitrogen and oxygen atoms in total. The molecule has 1 aromatic rings. The maximum atomic E-state index is 3.52. The van der Waals surface area contributed by atoms with Crippen LogP contribution < -0.4 is 15.9 Å². The van der Waals surface area contributed by atoms with Crippen molar-refractivity contribution in [2.24, 2.45) is 7.05 Å². The molecule has 1 N–H and O–H groups in total. The fourth-order valence-corrected chi connectivity index (χ4v) is 2.80. The zero-order valence-electron chi connectivity index (χ0n) is 9.79. The van der Waals surface area contributed by atoms with E-state index in [0.717, 1.165) is 19.5 Å². The highest BCUT2D eigenvalue weighted by Gasteiger charge is 2.14. The highest BCUT2D eigenvalue weighted by atomic mass is 15.0. The first kappa shape index (κ1) is 9.91. The maximum Gasteiger partial charge on any atom is 0.0480 e. The van der Waals surface area contributed by atoms with Crippen LogP contribution >= 0.6 is 0 Å². The van der Waals surface area contributed by atoms with Gasteiger partial charge >= 0.3 is 0 Å². The van der Waals surface area contributed by atoms with Crippen molar-refractivity contribution in [1.82, 2.24) is 9.88 Å². The molecule has 0 fully saturated rings. The predicted molar refractivity (Wildman–Crippen MR) is 67.4 cm³/mol. The molecular weight excluding hydrogens is 196 g/mol. The lowest BCUT2D eigenvalue weighted by Crippen LogP contribution is -2.30. The second-order valence-electron chi connectivity index (χ2n) is 4.60.